The maximum atomic E-state index is 12.5. The van der Waals surface area contributed by atoms with E-state index in [4.69, 9.17) is 0 Å². The molecule has 126 valence electrons. The van der Waals surface area contributed by atoms with Gasteiger partial charge in [0.1, 0.15) is 0 Å². The lowest BCUT2D eigenvalue weighted by molar-refractivity contribution is 0.0687. The largest absolute Gasteiger partial charge is 0.476 e. The molecule has 8 nitrogen and oxygen atoms in total. The van der Waals surface area contributed by atoms with Gasteiger partial charge in [0.15, 0.2) is 0 Å². The Morgan fingerprint density at radius 3 is 2.77 bits per heavy atom. The number of hydrogen-bond acceptors (Lipinski definition) is 5. The van der Waals surface area contributed by atoms with Gasteiger partial charge in [-0.1, -0.05) is 6.07 Å². The van der Waals surface area contributed by atoms with Crippen LogP contribution in [0.2, 0.25) is 0 Å². The number of fused-ring (bicyclic) bond motifs is 2. The number of rotatable bonds is 2. The number of hydrogen-bond donors (Lipinski definition) is 1. The van der Waals surface area contributed by atoms with Crippen molar-refractivity contribution in [2.45, 2.75) is 0 Å². The smallest absolute Gasteiger partial charge is 0.360 e. The Morgan fingerprint density at radius 1 is 1.23 bits per heavy atom. The molecule has 0 saturated carbocycles. The second kappa shape index (κ2) is 5.53. The molecule has 0 spiro atoms. The molecule has 0 aliphatic carbocycles. The predicted octanol–water partition coefficient (Wildman–Crippen LogP) is 1.84. The summed E-state index contributed by atoms with van der Waals surface area (Å²) in [6.45, 7) is 0. The minimum absolute atomic E-state index is 0.0347. The zero-order chi connectivity index (χ0) is 18.4. The lowest BCUT2D eigenvalue weighted by Crippen LogP contribution is -2.23. The average molecular weight is 345 g/mol. The summed E-state index contributed by atoms with van der Waals surface area (Å²) >= 11 is 0. The van der Waals surface area contributed by atoms with Crippen LogP contribution in [-0.2, 0) is 7.05 Å². The van der Waals surface area contributed by atoms with Crippen LogP contribution in [0.4, 0.5) is 0 Å². The van der Waals surface area contributed by atoms with Crippen molar-refractivity contribution in [2.75, 3.05) is 0 Å². The Hall–Kier alpha value is -3.99. The number of carbonyl (C=O) groups is 1. The molecule has 0 aliphatic heterocycles. The number of nitrogens with zero attached hydrogens (tertiary/aromatic N) is 5. The number of carboxylic acid groups (broad SMARTS) is 1. The van der Waals surface area contributed by atoms with E-state index < -0.39 is 17.1 Å². The normalized spacial score (nSPS) is 10.9. The first-order valence-corrected chi connectivity index (χ1v) is 7.63. The second-order valence-corrected chi connectivity index (χ2v) is 5.72. The van der Waals surface area contributed by atoms with E-state index in [-0.39, 0.29) is 10.9 Å². The number of aromatic nitrogens is 4. The Kier molecular flexibility index (Phi) is 3.30. The molecule has 1 N–H and O–H groups in total. The van der Waals surface area contributed by atoms with Gasteiger partial charge < -0.3 is 5.11 Å². The summed E-state index contributed by atoms with van der Waals surface area (Å²) in [4.78, 5) is 24.0. The molecule has 0 bridgehead atoms. The summed E-state index contributed by atoms with van der Waals surface area (Å²) in [5, 5.41) is 27.9. The fourth-order valence-electron chi connectivity index (χ4n) is 2.97. The molecule has 8 heteroatoms. The van der Waals surface area contributed by atoms with E-state index in [0.29, 0.717) is 11.2 Å². The van der Waals surface area contributed by atoms with Crippen molar-refractivity contribution in [2.24, 2.45) is 7.05 Å². The van der Waals surface area contributed by atoms with Crippen molar-refractivity contribution in [3.05, 3.63) is 64.1 Å². The molecular formula is C18H11N5O3. The van der Waals surface area contributed by atoms with E-state index in [9.17, 15) is 20.0 Å². The highest BCUT2D eigenvalue weighted by atomic mass is 16.4. The summed E-state index contributed by atoms with van der Waals surface area (Å²) in [5.41, 5.74) is 0.439. The average Bonchev–Trinajstić information content (AvgIpc) is 3.01. The van der Waals surface area contributed by atoms with Crippen molar-refractivity contribution in [3.8, 4) is 11.8 Å². The standard InChI is InChI=1S/C18H11N5O3/c1-22-14-7-12(6-5-11(14)9-20-22)23-13-4-2-3-10(8-19)15(13)17(24)16(21-23)18(25)26/h2-7,9H,1H3,(H,25,26). The van der Waals surface area contributed by atoms with Gasteiger partial charge in [0.05, 0.1) is 39.9 Å². The fourth-order valence-corrected chi connectivity index (χ4v) is 2.97. The monoisotopic (exact) mass is 345 g/mol. The zero-order valence-corrected chi connectivity index (χ0v) is 13.5. The van der Waals surface area contributed by atoms with Crippen LogP contribution in [0.1, 0.15) is 16.1 Å². The van der Waals surface area contributed by atoms with E-state index in [1.54, 1.807) is 42.2 Å². The number of benzene rings is 2. The highest BCUT2D eigenvalue weighted by molar-refractivity contribution is 5.93. The van der Waals surface area contributed by atoms with E-state index in [1.165, 1.54) is 10.7 Å². The molecule has 0 unspecified atom stereocenters. The van der Waals surface area contributed by atoms with Gasteiger partial charge in [0.25, 0.3) is 0 Å². The molecular weight excluding hydrogens is 334 g/mol. The molecule has 0 amide bonds. The quantitative estimate of drug-likeness (QED) is 0.593. The van der Waals surface area contributed by atoms with Gasteiger partial charge in [0.2, 0.25) is 11.1 Å². The molecule has 0 saturated heterocycles. The van der Waals surface area contributed by atoms with Gasteiger partial charge in [-0.25, -0.2) is 9.48 Å². The van der Waals surface area contributed by atoms with Crippen LogP contribution in [0.25, 0.3) is 27.5 Å². The number of nitriles is 1. The number of carboxylic acids is 1. The van der Waals surface area contributed by atoms with Crippen molar-refractivity contribution in [3.63, 3.8) is 0 Å². The Bertz CT molecular complexity index is 1310. The van der Waals surface area contributed by atoms with Crippen molar-refractivity contribution in [1.82, 2.24) is 19.6 Å². The molecule has 0 radical (unpaired) electrons. The highest BCUT2D eigenvalue weighted by Gasteiger charge is 2.19. The summed E-state index contributed by atoms with van der Waals surface area (Å²) in [6.07, 6.45) is 1.71. The first kappa shape index (κ1) is 15.5. The van der Waals surface area contributed by atoms with Gasteiger partial charge in [-0.2, -0.15) is 15.5 Å². The minimum Gasteiger partial charge on any atom is -0.476 e. The predicted molar refractivity (Wildman–Crippen MR) is 93.3 cm³/mol. The van der Waals surface area contributed by atoms with E-state index >= 15 is 0 Å². The van der Waals surface area contributed by atoms with Crippen molar-refractivity contribution in [1.29, 1.82) is 5.26 Å². The SMILES string of the molecule is Cn1ncc2ccc(-n3nc(C(=O)O)c(=O)c4c(C#N)cccc43)cc21. The van der Waals surface area contributed by atoms with Gasteiger partial charge in [-0.3, -0.25) is 9.48 Å². The van der Waals surface area contributed by atoms with Gasteiger partial charge in [0, 0.05) is 12.4 Å². The van der Waals surface area contributed by atoms with Crippen LogP contribution in [0, 0.1) is 11.3 Å². The van der Waals surface area contributed by atoms with Gasteiger partial charge in [-0.05, 0) is 30.3 Å². The van der Waals surface area contributed by atoms with Crippen LogP contribution in [0.15, 0.2) is 47.4 Å². The molecule has 2 aromatic carbocycles. The first-order chi connectivity index (χ1) is 12.5. The Morgan fingerprint density at radius 2 is 2.04 bits per heavy atom. The molecule has 4 rings (SSSR count). The fraction of sp³-hybridized carbons (Fsp3) is 0.0556. The number of aryl methyl sites for hydroxylation is 1. The summed E-state index contributed by atoms with van der Waals surface area (Å²) in [7, 11) is 1.79. The second-order valence-electron chi connectivity index (χ2n) is 5.72. The van der Waals surface area contributed by atoms with Crippen molar-refractivity contribution >= 4 is 27.8 Å². The third-order valence-electron chi connectivity index (χ3n) is 4.21. The molecule has 4 aromatic rings. The molecule has 0 atom stereocenters. The highest BCUT2D eigenvalue weighted by Crippen LogP contribution is 2.22. The molecule has 2 aromatic heterocycles. The van der Waals surface area contributed by atoms with Gasteiger partial charge in [-0.15, -0.1) is 0 Å². The summed E-state index contributed by atoms with van der Waals surface area (Å²) in [6, 6.07) is 12.1. The van der Waals surface area contributed by atoms with Crippen molar-refractivity contribution < 1.29 is 9.90 Å². The lowest BCUT2D eigenvalue weighted by atomic mass is 10.1. The van der Waals surface area contributed by atoms with Crippen LogP contribution >= 0.6 is 0 Å². The van der Waals surface area contributed by atoms with E-state index in [0.717, 1.165) is 10.9 Å². The maximum Gasteiger partial charge on any atom is 0.360 e. The first-order valence-electron chi connectivity index (χ1n) is 7.63. The zero-order valence-electron chi connectivity index (χ0n) is 13.5. The molecule has 26 heavy (non-hydrogen) atoms. The van der Waals surface area contributed by atoms with E-state index in [2.05, 4.69) is 10.2 Å². The van der Waals surface area contributed by atoms with Gasteiger partial charge >= 0.3 is 5.97 Å². The minimum atomic E-state index is -1.44. The molecule has 0 fully saturated rings. The summed E-state index contributed by atoms with van der Waals surface area (Å²) < 4.78 is 3.05. The Balaban J connectivity index is 2.16. The molecule has 2 heterocycles. The number of aromatic carboxylic acids is 1. The van der Waals surface area contributed by atoms with Crippen LogP contribution < -0.4 is 5.43 Å². The van der Waals surface area contributed by atoms with Crippen LogP contribution in [-0.4, -0.2) is 30.6 Å². The van der Waals surface area contributed by atoms with Crippen LogP contribution in [0.5, 0.6) is 0 Å². The molecule has 0 aliphatic rings. The Labute approximate surface area is 146 Å². The van der Waals surface area contributed by atoms with E-state index in [1.807, 2.05) is 12.1 Å². The topological polar surface area (TPSA) is 114 Å². The maximum absolute atomic E-state index is 12.5. The lowest BCUT2D eigenvalue weighted by Gasteiger charge is -2.12. The third-order valence-corrected chi connectivity index (χ3v) is 4.21. The third kappa shape index (κ3) is 2.15. The van der Waals surface area contributed by atoms with Crippen LogP contribution in [0.3, 0.4) is 0 Å². The summed E-state index contributed by atoms with van der Waals surface area (Å²) in [5.74, 6) is -1.44.